The van der Waals surface area contributed by atoms with E-state index in [0.29, 0.717) is 28.7 Å². The van der Waals surface area contributed by atoms with Gasteiger partial charge in [0.05, 0.1) is 17.6 Å². The number of amides is 2. The lowest BCUT2D eigenvalue weighted by Crippen LogP contribution is -2.36. The summed E-state index contributed by atoms with van der Waals surface area (Å²) in [6, 6.07) is 12.6. The first-order valence-corrected chi connectivity index (χ1v) is 11.5. The van der Waals surface area contributed by atoms with E-state index in [1.165, 1.54) is 5.01 Å². The molecule has 0 saturated heterocycles. The molecule has 7 heteroatoms. The van der Waals surface area contributed by atoms with Crippen LogP contribution in [0.25, 0.3) is 5.57 Å². The van der Waals surface area contributed by atoms with Crippen molar-refractivity contribution < 1.29 is 14.7 Å². The molecule has 0 aromatic heterocycles. The minimum Gasteiger partial charge on any atom is -0.478 e. The molecular formula is C27H36N4O3. The molecule has 0 heterocycles. The summed E-state index contributed by atoms with van der Waals surface area (Å²) in [5.74, 6) is -0.260. The summed E-state index contributed by atoms with van der Waals surface area (Å²) in [7, 11) is 0. The zero-order valence-electron chi connectivity index (χ0n) is 20.9. The highest BCUT2D eigenvalue weighted by atomic mass is 16.4. The van der Waals surface area contributed by atoms with Gasteiger partial charge in [0.1, 0.15) is 0 Å². The minimum absolute atomic E-state index is 0.387. The third-order valence-electron chi connectivity index (χ3n) is 5.12. The maximum atomic E-state index is 12.6. The molecule has 2 aromatic rings. The predicted molar refractivity (Wildman–Crippen MR) is 140 cm³/mol. The molecule has 0 saturated carbocycles. The zero-order valence-corrected chi connectivity index (χ0v) is 20.9. The molecule has 0 radical (unpaired) electrons. The van der Waals surface area contributed by atoms with E-state index >= 15 is 0 Å². The number of aliphatic carboxylic acids is 1. The van der Waals surface area contributed by atoms with Gasteiger partial charge in [0, 0.05) is 19.2 Å². The second-order valence-electron chi connectivity index (χ2n) is 9.37. The Morgan fingerprint density at radius 1 is 1.00 bits per heavy atom. The first kappa shape index (κ1) is 26.6. The van der Waals surface area contributed by atoms with E-state index in [-0.39, 0.29) is 0 Å². The Balaban J connectivity index is 2.66. The molecule has 0 spiro atoms. The normalized spacial score (nSPS) is 11.9. The van der Waals surface area contributed by atoms with E-state index in [9.17, 15) is 14.7 Å². The van der Waals surface area contributed by atoms with Crippen molar-refractivity contribution in [1.29, 1.82) is 0 Å². The summed E-state index contributed by atoms with van der Waals surface area (Å²) in [5.41, 5.74) is 10.3. The second-order valence-corrected chi connectivity index (χ2v) is 9.37. The molecule has 0 aliphatic heterocycles. The quantitative estimate of drug-likeness (QED) is 0.275. The summed E-state index contributed by atoms with van der Waals surface area (Å²) in [6.45, 7) is 13.8. The third-order valence-corrected chi connectivity index (χ3v) is 5.12. The summed E-state index contributed by atoms with van der Waals surface area (Å²) < 4.78 is 0. The number of carbonyl (C=O) groups is 2. The molecule has 34 heavy (non-hydrogen) atoms. The smallest absolute Gasteiger partial charge is 0.340 e. The second kappa shape index (κ2) is 12.0. The van der Waals surface area contributed by atoms with E-state index in [4.69, 9.17) is 5.73 Å². The Bertz CT molecular complexity index is 1050. The van der Waals surface area contributed by atoms with Crippen LogP contribution in [0.15, 0.2) is 53.6 Å². The van der Waals surface area contributed by atoms with Gasteiger partial charge in [-0.3, -0.25) is 0 Å². The van der Waals surface area contributed by atoms with E-state index in [0.717, 1.165) is 36.0 Å². The number of carboxylic acids is 1. The van der Waals surface area contributed by atoms with Gasteiger partial charge >= 0.3 is 12.0 Å². The highest BCUT2D eigenvalue weighted by Crippen LogP contribution is 2.34. The molecule has 0 atom stereocenters. The zero-order chi connectivity index (χ0) is 25.4. The van der Waals surface area contributed by atoms with Gasteiger partial charge in [-0.2, -0.15) is 10.1 Å². The number of aryl methyl sites for hydroxylation is 1. The van der Waals surface area contributed by atoms with Crippen molar-refractivity contribution in [2.75, 3.05) is 23.0 Å². The van der Waals surface area contributed by atoms with E-state index in [2.05, 4.69) is 37.7 Å². The fraction of sp³-hybridized carbons (Fsp3) is 0.370. The SMILES string of the molecule is C/C(=C\C(=O)O)c1ccc(N(CC(C)C)CC(C)C)c(N(/N=C/c2ccc(C)cc2)C(N)=O)c1. The average molecular weight is 465 g/mol. The Hall–Kier alpha value is -3.61. The van der Waals surface area contributed by atoms with Crippen LogP contribution in [0.2, 0.25) is 0 Å². The molecule has 0 aliphatic carbocycles. The molecule has 2 rings (SSSR count). The van der Waals surface area contributed by atoms with E-state index in [1.807, 2.05) is 43.3 Å². The lowest BCUT2D eigenvalue weighted by Gasteiger charge is -2.32. The van der Waals surface area contributed by atoms with Crippen LogP contribution in [0, 0.1) is 18.8 Å². The van der Waals surface area contributed by atoms with Crippen molar-refractivity contribution in [3.8, 4) is 0 Å². The molecule has 182 valence electrons. The molecule has 0 aliphatic rings. The highest BCUT2D eigenvalue weighted by molar-refractivity contribution is 5.98. The van der Waals surface area contributed by atoms with E-state index in [1.54, 1.807) is 19.2 Å². The van der Waals surface area contributed by atoms with Crippen molar-refractivity contribution >= 4 is 35.2 Å². The Morgan fingerprint density at radius 2 is 1.59 bits per heavy atom. The van der Waals surface area contributed by atoms with Crippen LogP contribution >= 0.6 is 0 Å². The summed E-state index contributed by atoms with van der Waals surface area (Å²) in [4.78, 5) is 26.0. The third kappa shape index (κ3) is 7.76. The molecule has 2 aromatic carbocycles. The largest absolute Gasteiger partial charge is 0.478 e. The van der Waals surface area contributed by atoms with Crippen LogP contribution in [0.3, 0.4) is 0 Å². The van der Waals surface area contributed by atoms with Crippen molar-refractivity contribution in [1.82, 2.24) is 0 Å². The Morgan fingerprint density at radius 3 is 2.09 bits per heavy atom. The van der Waals surface area contributed by atoms with Crippen molar-refractivity contribution in [3.05, 3.63) is 65.2 Å². The van der Waals surface area contributed by atoms with Crippen LogP contribution in [-0.4, -0.2) is 36.4 Å². The number of urea groups is 1. The van der Waals surface area contributed by atoms with Crippen LogP contribution < -0.4 is 15.6 Å². The van der Waals surface area contributed by atoms with Crippen molar-refractivity contribution in [2.24, 2.45) is 22.7 Å². The summed E-state index contributed by atoms with van der Waals surface area (Å²) >= 11 is 0. The number of hydrazone groups is 1. The van der Waals surface area contributed by atoms with Gasteiger partial charge in [0.2, 0.25) is 0 Å². The maximum absolute atomic E-state index is 12.6. The number of hydrogen-bond donors (Lipinski definition) is 2. The number of carbonyl (C=O) groups excluding carboxylic acids is 1. The standard InChI is InChI=1S/C27H36N4O3/c1-18(2)16-30(17-19(3)4)24-12-11-23(21(6)13-26(32)33)14-25(24)31(27(28)34)29-15-22-9-7-20(5)8-10-22/h7-15,18-19H,16-17H2,1-6H3,(H2,28,34)(H,32,33)/b21-13+,29-15+. The number of benzene rings is 2. The number of nitrogens with two attached hydrogens (primary N) is 1. The molecular weight excluding hydrogens is 428 g/mol. The molecule has 0 fully saturated rings. The Kier molecular flexibility index (Phi) is 9.42. The average Bonchev–Trinajstić information content (AvgIpc) is 2.73. The maximum Gasteiger partial charge on any atom is 0.340 e. The van der Waals surface area contributed by atoms with Gasteiger partial charge in [0.25, 0.3) is 0 Å². The number of allylic oxidation sites excluding steroid dienone is 1. The highest BCUT2D eigenvalue weighted by Gasteiger charge is 2.22. The van der Waals surface area contributed by atoms with Gasteiger partial charge in [-0.25, -0.2) is 9.59 Å². The van der Waals surface area contributed by atoms with Crippen LogP contribution in [0.5, 0.6) is 0 Å². The van der Waals surface area contributed by atoms with Crippen LogP contribution in [0.4, 0.5) is 16.2 Å². The number of hydrogen-bond acceptors (Lipinski definition) is 4. The number of anilines is 2. The topological polar surface area (TPSA) is 99.2 Å². The van der Waals surface area contributed by atoms with E-state index < -0.39 is 12.0 Å². The minimum atomic E-state index is -1.03. The molecule has 2 amide bonds. The summed E-state index contributed by atoms with van der Waals surface area (Å²) in [5, 5.41) is 14.8. The molecule has 0 bridgehead atoms. The van der Waals surface area contributed by atoms with Gasteiger partial charge in [-0.1, -0.05) is 63.6 Å². The fourth-order valence-electron chi connectivity index (χ4n) is 3.64. The van der Waals surface area contributed by atoms with Crippen LogP contribution in [0.1, 0.15) is 51.3 Å². The number of rotatable bonds is 10. The van der Waals surface area contributed by atoms with Crippen LogP contribution in [-0.2, 0) is 4.79 Å². The van der Waals surface area contributed by atoms with Gasteiger partial charge in [-0.15, -0.1) is 0 Å². The Labute approximate surface area is 202 Å². The fourth-order valence-corrected chi connectivity index (χ4v) is 3.64. The number of carboxylic acid groups (broad SMARTS) is 1. The number of nitrogens with zero attached hydrogens (tertiary/aromatic N) is 3. The molecule has 0 unspecified atom stereocenters. The first-order chi connectivity index (χ1) is 16.0. The first-order valence-electron chi connectivity index (χ1n) is 11.5. The predicted octanol–water partition coefficient (Wildman–Crippen LogP) is 5.52. The number of primary amides is 1. The van der Waals surface area contributed by atoms with Gasteiger partial charge in [0.15, 0.2) is 0 Å². The van der Waals surface area contributed by atoms with Crippen molar-refractivity contribution in [3.63, 3.8) is 0 Å². The van der Waals surface area contributed by atoms with Gasteiger partial charge in [-0.05, 0) is 54.5 Å². The van der Waals surface area contributed by atoms with Crippen molar-refractivity contribution in [2.45, 2.75) is 41.5 Å². The molecule has 7 nitrogen and oxygen atoms in total. The lowest BCUT2D eigenvalue weighted by atomic mass is 10.0. The monoisotopic (exact) mass is 464 g/mol. The molecule has 3 N–H and O–H groups in total. The lowest BCUT2D eigenvalue weighted by molar-refractivity contribution is -0.131. The summed E-state index contributed by atoms with van der Waals surface area (Å²) in [6.07, 6.45) is 2.73. The van der Waals surface area contributed by atoms with Gasteiger partial charge < -0.3 is 15.7 Å².